The van der Waals surface area contributed by atoms with Crippen LogP contribution in [0.15, 0.2) is 11.6 Å². The lowest BCUT2D eigenvalue weighted by Crippen LogP contribution is -2.26. The van der Waals surface area contributed by atoms with E-state index in [2.05, 4.69) is 6.92 Å². The minimum atomic E-state index is -0.430. The largest absolute Gasteiger partial charge is 0.348 e. The van der Waals surface area contributed by atoms with Crippen molar-refractivity contribution in [2.45, 2.75) is 45.3 Å². The molecule has 2 aliphatic rings. The lowest BCUT2D eigenvalue weighted by molar-refractivity contribution is -0.146. The molecular formula is C13H20O3. The van der Waals surface area contributed by atoms with Gasteiger partial charge in [0.25, 0.3) is 0 Å². The number of hydrogen-bond donors (Lipinski definition) is 0. The maximum absolute atomic E-state index is 11.4. The molecule has 0 bridgehead atoms. The van der Waals surface area contributed by atoms with E-state index >= 15 is 0 Å². The standard InChI is InChI=1S/C13H20O3/c1-10-3-4-12(14)9-11(10)5-6-13(2)15-7-8-16-13/h9-10H,3-8H2,1-2H3. The van der Waals surface area contributed by atoms with E-state index in [4.69, 9.17) is 9.47 Å². The molecule has 3 heteroatoms. The molecule has 0 aromatic rings. The Morgan fingerprint density at radius 2 is 2.12 bits per heavy atom. The Balaban J connectivity index is 1.91. The summed E-state index contributed by atoms with van der Waals surface area (Å²) in [7, 11) is 0. The summed E-state index contributed by atoms with van der Waals surface area (Å²) < 4.78 is 11.1. The van der Waals surface area contributed by atoms with E-state index in [1.807, 2.05) is 13.0 Å². The van der Waals surface area contributed by atoms with Gasteiger partial charge in [0.15, 0.2) is 11.6 Å². The average molecular weight is 224 g/mol. The highest BCUT2D eigenvalue weighted by molar-refractivity contribution is 5.91. The Bertz CT molecular complexity index is 300. The van der Waals surface area contributed by atoms with Crippen molar-refractivity contribution in [3.05, 3.63) is 11.6 Å². The molecule has 16 heavy (non-hydrogen) atoms. The molecule has 0 aromatic heterocycles. The minimum Gasteiger partial charge on any atom is -0.348 e. The van der Waals surface area contributed by atoms with Crippen LogP contribution in [0.2, 0.25) is 0 Å². The van der Waals surface area contributed by atoms with Crippen LogP contribution in [0, 0.1) is 5.92 Å². The highest BCUT2D eigenvalue weighted by atomic mass is 16.7. The number of hydrogen-bond acceptors (Lipinski definition) is 3. The Labute approximate surface area is 96.8 Å². The first-order chi connectivity index (χ1) is 7.59. The first-order valence-corrected chi connectivity index (χ1v) is 6.10. The SMILES string of the molecule is CC1CCC(=O)C=C1CCC1(C)OCCO1. The zero-order valence-corrected chi connectivity index (χ0v) is 10.1. The summed E-state index contributed by atoms with van der Waals surface area (Å²) in [4.78, 5) is 11.4. The van der Waals surface area contributed by atoms with Crippen LogP contribution in [0.4, 0.5) is 0 Å². The van der Waals surface area contributed by atoms with Gasteiger partial charge >= 0.3 is 0 Å². The minimum absolute atomic E-state index is 0.270. The smallest absolute Gasteiger partial charge is 0.166 e. The fourth-order valence-electron chi connectivity index (χ4n) is 2.36. The molecule has 1 fully saturated rings. The first kappa shape index (κ1) is 11.8. The van der Waals surface area contributed by atoms with Crippen LogP contribution in [0.25, 0.3) is 0 Å². The maximum atomic E-state index is 11.4. The van der Waals surface area contributed by atoms with Gasteiger partial charge in [-0.25, -0.2) is 0 Å². The van der Waals surface area contributed by atoms with Gasteiger partial charge in [0.2, 0.25) is 0 Å². The predicted octanol–water partition coefficient (Wildman–Crippen LogP) is 2.46. The van der Waals surface area contributed by atoms with E-state index in [-0.39, 0.29) is 5.78 Å². The van der Waals surface area contributed by atoms with Gasteiger partial charge in [0.05, 0.1) is 13.2 Å². The normalized spacial score (nSPS) is 29.2. The Kier molecular flexibility index (Phi) is 3.45. The zero-order chi connectivity index (χ0) is 11.6. The van der Waals surface area contributed by atoms with Gasteiger partial charge in [-0.3, -0.25) is 4.79 Å². The van der Waals surface area contributed by atoms with Gasteiger partial charge < -0.3 is 9.47 Å². The van der Waals surface area contributed by atoms with Crippen molar-refractivity contribution in [2.75, 3.05) is 13.2 Å². The summed E-state index contributed by atoms with van der Waals surface area (Å²) in [6.07, 6.45) is 5.27. The van der Waals surface area contributed by atoms with Gasteiger partial charge in [-0.2, -0.15) is 0 Å². The summed E-state index contributed by atoms with van der Waals surface area (Å²) in [6, 6.07) is 0. The summed E-state index contributed by atoms with van der Waals surface area (Å²) in [5.41, 5.74) is 1.26. The average Bonchev–Trinajstić information content (AvgIpc) is 2.67. The van der Waals surface area contributed by atoms with Crippen molar-refractivity contribution in [1.29, 1.82) is 0 Å². The van der Waals surface area contributed by atoms with E-state index in [1.165, 1.54) is 5.57 Å². The van der Waals surface area contributed by atoms with Crippen LogP contribution in [-0.4, -0.2) is 24.8 Å². The van der Waals surface area contributed by atoms with Crippen molar-refractivity contribution in [1.82, 2.24) is 0 Å². The van der Waals surface area contributed by atoms with Gasteiger partial charge in [-0.15, -0.1) is 0 Å². The van der Waals surface area contributed by atoms with Gasteiger partial charge in [0, 0.05) is 12.8 Å². The molecule has 0 aromatic carbocycles. The number of allylic oxidation sites excluding steroid dienone is 2. The molecule has 2 rings (SSSR count). The maximum Gasteiger partial charge on any atom is 0.166 e. The van der Waals surface area contributed by atoms with Gasteiger partial charge in [-0.05, 0) is 31.8 Å². The lowest BCUT2D eigenvalue weighted by Gasteiger charge is -2.25. The summed E-state index contributed by atoms with van der Waals surface area (Å²) >= 11 is 0. The number of carbonyl (C=O) groups is 1. The topological polar surface area (TPSA) is 35.5 Å². The summed E-state index contributed by atoms with van der Waals surface area (Å²) in [5.74, 6) is 0.371. The second-order valence-corrected chi connectivity index (χ2v) is 4.96. The third-order valence-corrected chi connectivity index (χ3v) is 3.57. The lowest BCUT2D eigenvalue weighted by atomic mass is 9.85. The van der Waals surface area contributed by atoms with Crippen molar-refractivity contribution < 1.29 is 14.3 Å². The molecule has 1 heterocycles. The van der Waals surface area contributed by atoms with Crippen molar-refractivity contribution in [3.8, 4) is 0 Å². The number of ketones is 1. The third kappa shape index (κ3) is 2.71. The Hall–Kier alpha value is -0.670. The highest BCUT2D eigenvalue weighted by Crippen LogP contribution is 2.31. The van der Waals surface area contributed by atoms with Crippen LogP contribution in [0.5, 0.6) is 0 Å². The summed E-state index contributed by atoms with van der Waals surface area (Å²) in [6.45, 7) is 5.54. The highest BCUT2D eigenvalue weighted by Gasteiger charge is 2.31. The molecule has 1 atom stereocenters. The molecular weight excluding hydrogens is 204 g/mol. The van der Waals surface area contributed by atoms with E-state index in [1.54, 1.807) is 0 Å². The molecule has 1 aliphatic heterocycles. The molecule has 0 radical (unpaired) electrons. The summed E-state index contributed by atoms with van der Waals surface area (Å²) in [5, 5.41) is 0. The molecule has 90 valence electrons. The van der Waals surface area contributed by atoms with Crippen LogP contribution < -0.4 is 0 Å². The van der Waals surface area contributed by atoms with E-state index in [0.717, 1.165) is 19.3 Å². The molecule has 0 spiro atoms. The van der Waals surface area contributed by atoms with E-state index in [0.29, 0.717) is 25.6 Å². The fraction of sp³-hybridized carbons (Fsp3) is 0.769. The van der Waals surface area contributed by atoms with Crippen molar-refractivity contribution in [3.63, 3.8) is 0 Å². The molecule has 0 N–H and O–H groups in total. The zero-order valence-electron chi connectivity index (χ0n) is 10.1. The number of carbonyl (C=O) groups excluding carboxylic acids is 1. The molecule has 1 aliphatic carbocycles. The quantitative estimate of drug-likeness (QED) is 0.738. The van der Waals surface area contributed by atoms with Crippen molar-refractivity contribution in [2.24, 2.45) is 5.92 Å². The van der Waals surface area contributed by atoms with Crippen LogP contribution >= 0.6 is 0 Å². The molecule has 3 nitrogen and oxygen atoms in total. The van der Waals surface area contributed by atoms with Crippen LogP contribution in [0.1, 0.15) is 39.5 Å². The number of rotatable bonds is 3. The third-order valence-electron chi connectivity index (χ3n) is 3.57. The van der Waals surface area contributed by atoms with Crippen LogP contribution in [0.3, 0.4) is 0 Å². The fourth-order valence-corrected chi connectivity index (χ4v) is 2.36. The van der Waals surface area contributed by atoms with Crippen LogP contribution in [-0.2, 0) is 14.3 Å². The molecule has 0 saturated carbocycles. The van der Waals surface area contributed by atoms with Gasteiger partial charge in [0.1, 0.15) is 0 Å². The molecule has 0 amide bonds. The second kappa shape index (κ2) is 4.68. The Morgan fingerprint density at radius 1 is 1.44 bits per heavy atom. The van der Waals surface area contributed by atoms with E-state index in [9.17, 15) is 4.79 Å². The molecule has 1 saturated heterocycles. The first-order valence-electron chi connectivity index (χ1n) is 6.10. The molecule has 1 unspecified atom stereocenters. The second-order valence-electron chi connectivity index (χ2n) is 4.96. The van der Waals surface area contributed by atoms with E-state index < -0.39 is 5.79 Å². The Morgan fingerprint density at radius 3 is 2.81 bits per heavy atom. The predicted molar refractivity (Wildman–Crippen MR) is 61.0 cm³/mol. The monoisotopic (exact) mass is 224 g/mol. The van der Waals surface area contributed by atoms with Gasteiger partial charge in [-0.1, -0.05) is 12.5 Å². The van der Waals surface area contributed by atoms with Crippen molar-refractivity contribution >= 4 is 5.78 Å². The number of ether oxygens (including phenoxy) is 2.